The summed E-state index contributed by atoms with van der Waals surface area (Å²) in [4.78, 5) is 18.3. The van der Waals surface area contributed by atoms with Crippen molar-refractivity contribution in [3.63, 3.8) is 0 Å². The molecule has 2 rings (SSSR count). The lowest BCUT2D eigenvalue weighted by atomic mass is 10.2. The summed E-state index contributed by atoms with van der Waals surface area (Å²) in [6, 6.07) is 1.34. The summed E-state index contributed by atoms with van der Waals surface area (Å²) >= 11 is 0. The summed E-state index contributed by atoms with van der Waals surface area (Å²) in [5.41, 5.74) is 0.518. The van der Waals surface area contributed by atoms with E-state index in [0.29, 0.717) is 29.8 Å². The van der Waals surface area contributed by atoms with Gasteiger partial charge in [-0.15, -0.1) is 0 Å². The van der Waals surface area contributed by atoms with Gasteiger partial charge in [-0.1, -0.05) is 0 Å². The van der Waals surface area contributed by atoms with Crippen LogP contribution in [0.1, 0.15) is 6.92 Å². The molecule has 19 heavy (non-hydrogen) atoms. The SMILES string of the molecule is CCNc1nc(-c2cncc(F)c2)nc(N(C)C)n1. The second kappa shape index (κ2) is 5.55. The Labute approximate surface area is 110 Å². The first-order chi connectivity index (χ1) is 9.10. The second-order valence-corrected chi connectivity index (χ2v) is 4.10. The van der Waals surface area contributed by atoms with Gasteiger partial charge in [0.25, 0.3) is 0 Å². The predicted molar refractivity (Wildman–Crippen MR) is 71.5 cm³/mol. The molecule has 0 saturated carbocycles. The molecule has 7 heteroatoms. The average Bonchev–Trinajstić information content (AvgIpc) is 2.38. The van der Waals surface area contributed by atoms with Crippen molar-refractivity contribution in [2.45, 2.75) is 6.92 Å². The van der Waals surface area contributed by atoms with Gasteiger partial charge < -0.3 is 10.2 Å². The molecule has 0 radical (unpaired) electrons. The van der Waals surface area contributed by atoms with E-state index >= 15 is 0 Å². The highest BCUT2D eigenvalue weighted by Gasteiger charge is 2.10. The summed E-state index contributed by atoms with van der Waals surface area (Å²) in [5, 5.41) is 3.02. The Morgan fingerprint density at radius 1 is 1.21 bits per heavy atom. The third-order valence-corrected chi connectivity index (χ3v) is 2.32. The number of halogens is 1. The second-order valence-electron chi connectivity index (χ2n) is 4.10. The van der Waals surface area contributed by atoms with Gasteiger partial charge in [-0.2, -0.15) is 15.0 Å². The van der Waals surface area contributed by atoms with Gasteiger partial charge in [0.05, 0.1) is 6.20 Å². The minimum absolute atomic E-state index is 0.390. The van der Waals surface area contributed by atoms with Crippen molar-refractivity contribution < 1.29 is 4.39 Å². The fourth-order valence-electron chi connectivity index (χ4n) is 1.47. The van der Waals surface area contributed by atoms with Crippen LogP contribution < -0.4 is 10.2 Å². The summed E-state index contributed by atoms with van der Waals surface area (Å²) in [6.07, 6.45) is 2.66. The zero-order valence-corrected chi connectivity index (χ0v) is 11.1. The van der Waals surface area contributed by atoms with Crippen LogP contribution in [0.2, 0.25) is 0 Å². The highest BCUT2D eigenvalue weighted by molar-refractivity contribution is 5.57. The van der Waals surface area contributed by atoms with E-state index in [9.17, 15) is 4.39 Å². The van der Waals surface area contributed by atoms with Crippen LogP contribution in [0.5, 0.6) is 0 Å². The molecule has 2 aromatic rings. The number of hydrogen-bond acceptors (Lipinski definition) is 6. The van der Waals surface area contributed by atoms with E-state index in [0.717, 1.165) is 6.20 Å². The Hall–Kier alpha value is -2.31. The van der Waals surface area contributed by atoms with E-state index in [4.69, 9.17) is 0 Å². The maximum absolute atomic E-state index is 13.2. The zero-order chi connectivity index (χ0) is 13.8. The number of nitrogens with one attached hydrogen (secondary N) is 1. The summed E-state index contributed by atoms with van der Waals surface area (Å²) < 4.78 is 13.2. The van der Waals surface area contributed by atoms with Crippen molar-refractivity contribution in [2.75, 3.05) is 30.9 Å². The molecule has 0 spiro atoms. The summed E-state index contributed by atoms with van der Waals surface area (Å²) in [5.74, 6) is 0.932. The Balaban J connectivity index is 2.49. The standard InChI is InChI=1S/C12H15FN6/c1-4-15-11-16-10(17-12(18-11)19(2)3)8-5-9(13)7-14-6-8/h5-7H,4H2,1-3H3,(H,15,16,17,18). The van der Waals surface area contributed by atoms with Crippen LogP contribution >= 0.6 is 0 Å². The smallest absolute Gasteiger partial charge is 0.230 e. The van der Waals surface area contributed by atoms with E-state index in [2.05, 4.69) is 25.3 Å². The van der Waals surface area contributed by atoms with Gasteiger partial charge in [0, 0.05) is 32.4 Å². The molecule has 0 aliphatic rings. The van der Waals surface area contributed by atoms with Crippen molar-refractivity contribution in [1.82, 2.24) is 19.9 Å². The molecule has 100 valence electrons. The van der Waals surface area contributed by atoms with Gasteiger partial charge in [0.1, 0.15) is 5.82 Å². The van der Waals surface area contributed by atoms with Crippen molar-refractivity contribution in [3.8, 4) is 11.4 Å². The Kier molecular flexibility index (Phi) is 3.84. The van der Waals surface area contributed by atoms with Crippen molar-refractivity contribution >= 4 is 11.9 Å². The minimum Gasteiger partial charge on any atom is -0.354 e. The van der Waals surface area contributed by atoms with E-state index in [-0.39, 0.29) is 0 Å². The molecule has 0 fully saturated rings. The monoisotopic (exact) mass is 262 g/mol. The first-order valence-corrected chi connectivity index (χ1v) is 5.88. The number of aromatic nitrogens is 4. The summed E-state index contributed by atoms with van der Waals surface area (Å²) in [7, 11) is 3.66. The number of rotatable bonds is 4. The molecular weight excluding hydrogens is 247 g/mol. The molecule has 1 N–H and O–H groups in total. The van der Waals surface area contributed by atoms with E-state index in [1.54, 1.807) is 4.90 Å². The topological polar surface area (TPSA) is 66.8 Å². The van der Waals surface area contributed by atoms with Crippen LogP contribution in [0.3, 0.4) is 0 Å². The van der Waals surface area contributed by atoms with E-state index < -0.39 is 5.82 Å². The summed E-state index contributed by atoms with van der Waals surface area (Å²) in [6.45, 7) is 2.64. The number of pyridine rings is 1. The van der Waals surface area contributed by atoms with E-state index in [1.807, 2.05) is 21.0 Å². The Morgan fingerprint density at radius 3 is 2.63 bits per heavy atom. The van der Waals surface area contributed by atoms with Crippen LogP contribution in [0, 0.1) is 5.82 Å². The molecule has 0 aliphatic heterocycles. The molecule has 2 aromatic heterocycles. The highest BCUT2D eigenvalue weighted by atomic mass is 19.1. The lowest BCUT2D eigenvalue weighted by molar-refractivity contribution is 0.622. The molecule has 6 nitrogen and oxygen atoms in total. The van der Waals surface area contributed by atoms with E-state index in [1.165, 1.54) is 12.3 Å². The van der Waals surface area contributed by atoms with Crippen LogP contribution in [-0.2, 0) is 0 Å². The quantitative estimate of drug-likeness (QED) is 0.902. The number of nitrogens with zero attached hydrogens (tertiary/aromatic N) is 5. The normalized spacial score (nSPS) is 10.3. The van der Waals surface area contributed by atoms with Gasteiger partial charge in [0.2, 0.25) is 11.9 Å². The number of anilines is 2. The third-order valence-electron chi connectivity index (χ3n) is 2.32. The number of hydrogen-bond donors (Lipinski definition) is 1. The van der Waals surface area contributed by atoms with Gasteiger partial charge in [-0.25, -0.2) is 4.39 Å². The predicted octanol–water partition coefficient (Wildman–Crippen LogP) is 1.57. The third kappa shape index (κ3) is 3.12. The lowest BCUT2D eigenvalue weighted by Crippen LogP contribution is -2.16. The first-order valence-electron chi connectivity index (χ1n) is 5.88. The van der Waals surface area contributed by atoms with Crippen LogP contribution in [0.25, 0.3) is 11.4 Å². The van der Waals surface area contributed by atoms with Gasteiger partial charge in [0.15, 0.2) is 5.82 Å². The lowest BCUT2D eigenvalue weighted by Gasteiger charge is -2.13. The first kappa shape index (κ1) is 13.1. The van der Waals surface area contributed by atoms with Crippen molar-refractivity contribution in [3.05, 3.63) is 24.3 Å². The molecule has 0 aromatic carbocycles. The molecule has 0 bridgehead atoms. The molecule has 0 unspecified atom stereocenters. The van der Waals surface area contributed by atoms with Crippen molar-refractivity contribution in [1.29, 1.82) is 0 Å². The van der Waals surface area contributed by atoms with Gasteiger partial charge >= 0.3 is 0 Å². The zero-order valence-electron chi connectivity index (χ0n) is 11.1. The average molecular weight is 262 g/mol. The molecule has 0 amide bonds. The van der Waals surface area contributed by atoms with Crippen LogP contribution in [-0.4, -0.2) is 40.6 Å². The van der Waals surface area contributed by atoms with Crippen LogP contribution in [0.15, 0.2) is 18.5 Å². The molecule has 0 aliphatic carbocycles. The highest BCUT2D eigenvalue weighted by Crippen LogP contribution is 2.18. The maximum Gasteiger partial charge on any atom is 0.230 e. The largest absolute Gasteiger partial charge is 0.354 e. The van der Waals surface area contributed by atoms with Crippen molar-refractivity contribution in [2.24, 2.45) is 0 Å². The minimum atomic E-state index is -0.422. The fraction of sp³-hybridized carbons (Fsp3) is 0.333. The molecular formula is C12H15FN6. The van der Waals surface area contributed by atoms with Crippen LogP contribution in [0.4, 0.5) is 16.3 Å². The Morgan fingerprint density at radius 2 is 2.00 bits per heavy atom. The van der Waals surface area contributed by atoms with Gasteiger partial charge in [-0.05, 0) is 13.0 Å². The Bertz CT molecular complexity index is 572. The molecule has 0 saturated heterocycles. The molecule has 2 heterocycles. The van der Waals surface area contributed by atoms with Gasteiger partial charge in [-0.3, -0.25) is 4.98 Å². The fourth-order valence-corrected chi connectivity index (χ4v) is 1.47. The maximum atomic E-state index is 13.2. The molecule has 0 atom stereocenters.